The summed E-state index contributed by atoms with van der Waals surface area (Å²) in [6, 6.07) is 12.2. The monoisotopic (exact) mass is 471 g/mol. The van der Waals surface area contributed by atoms with Crippen LogP contribution in [-0.2, 0) is 14.6 Å². The lowest BCUT2D eigenvalue weighted by Crippen LogP contribution is -2.39. The van der Waals surface area contributed by atoms with Crippen molar-refractivity contribution in [1.29, 1.82) is 0 Å². The summed E-state index contributed by atoms with van der Waals surface area (Å²) in [5.74, 6) is -0.0839. The van der Waals surface area contributed by atoms with Gasteiger partial charge in [0.15, 0.2) is 20.8 Å². The Morgan fingerprint density at radius 3 is 2.66 bits per heavy atom. The molecule has 0 spiro atoms. The molecule has 7 nitrogen and oxygen atoms in total. The van der Waals surface area contributed by atoms with Crippen molar-refractivity contribution in [3.8, 4) is 0 Å². The van der Waals surface area contributed by atoms with Gasteiger partial charge in [0.1, 0.15) is 0 Å². The van der Waals surface area contributed by atoms with Crippen LogP contribution in [0.5, 0.6) is 0 Å². The lowest BCUT2D eigenvalue weighted by Gasteiger charge is -2.26. The van der Waals surface area contributed by atoms with Gasteiger partial charge in [0.25, 0.3) is 0 Å². The van der Waals surface area contributed by atoms with Gasteiger partial charge >= 0.3 is 0 Å². The van der Waals surface area contributed by atoms with Crippen molar-refractivity contribution in [2.24, 2.45) is 4.99 Å². The fourth-order valence-corrected chi connectivity index (χ4v) is 6.78. The Bertz CT molecular complexity index is 1220. The van der Waals surface area contributed by atoms with E-state index in [1.54, 1.807) is 18.2 Å². The van der Waals surface area contributed by atoms with Gasteiger partial charge in [0, 0.05) is 16.9 Å². The SMILES string of the molecule is CC(=O)c1cccc(N2C(SCC(=O)Nc3cccc(C)c3C)=N[C@H]3CS(=O)(=O)C[C@@H]32)c1. The third kappa shape index (κ3) is 4.59. The summed E-state index contributed by atoms with van der Waals surface area (Å²) in [5.41, 5.74) is 4.15. The van der Waals surface area contributed by atoms with Gasteiger partial charge < -0.3 is 10.2 Å². The van der Waals surface area contributed by atoms with Crippen LogP contribution in [0, 0.1) is 13.8 Å². The summed E-state index contributed by atoms with van der Waals surface area (Å²) in [5, 5.41) is 3.55. The van der Waals surface area contributed by atoms with Gasteiger partial charge in [-0.15, -0.1) is 0 Å². The molecule has 2 aliphatic heterocycles. The van der Waals surface area contributed by atoms with Crippen LogP contribution >= 0.6 is 11.8 Å². The van der Waals surface area contributed by atoms with E-state index in [1.807, 2.05) is 43.0 Å². The fraction of sp³-hybridized carbons (Fsp3) is 0.348. The average molecular weight is 472 g/mol. The van der Waals surface area contributed by atoms with Crippen LogP contribution < -0.4 is 10.2 Å². The Labute approximate surface area is 192 Å². The molecule has 168 valence electrons. The van der Waals surface area contributed by atoms with Crippen molar-refractivity contribution in [2.45, 2.75) is 32.9 Å². The highest BCUT2D eigenvalue weighted by molar-refractivity contribution is 8.14. The van der Waals surface area contributed by atoms with Crippen LogP contribution in [0.3, 0.4) is 0 Å². The zero-order valence-electron chi connectivity index (χ0n) is 18.2. The highest BCUT2D eigenvalue weighted by atomic mass is 32.2. The molecule has 0 unspecified atom stereocenters. The van der Waals surface area contributed by atoms with E-state index in [-0.39, 0.29) is 41.0 Å². The smallest absolute Gasteiger partial charge is 0.234 e. The predicted molar refractivity (Wildman–Crippen MR) is 130 cm³/mol. The molecule has 1 N–H and O–H groups in total. The van der Waals surface area contributed by atoms with E-state index in [1.165, 1.54) is 18.7 Å². The number of aryl methyl sites for hydroxylation is 1. The van der Waals surface area contributed by atoms with Crippen LogP contribution in [0.15, 0.2) is 47.5 Å². The maximum absolute atomic E-state index is 12.6. The Hall–Kier alpha value is -2.65. The van der Waals surface area contributed by atoms with Crippen molar-refractivity contribution in [3.05, 3.63) is 59.2 Å². The molecule has 4 rings (SSSR count). The number of hydrogen-bond donors (Lipinski definition) is 1. The number of Topliss-reactive ketones (excluding diaryl/α,β-unsaturated/α-hetero) is 1. The molecule has 2 aromatic carbocycles. The molecule has 0 saturated carbocycles. The van der Waals surface area contributed by atoms with Gasteiger partial charge in [-0.1, -0.05) is 36.0 Å². The number of nitrogens with one attached hydrogen (secondary N) is 1. The number of fused-ring (bicyclic) bond motifs is 1. The summed E-state index contributed by atoms with van der Waals surface area (Å²) in [6.07, 6.45) is 0. The summed E-state index contributed by atoms with van der Waals surface area (Å²) in [6.45, 7) is 5.45. The van der Waals surface area contributed by atoms with Crippen LogP contribution in [0.25, 0.3) is 0 Å². The largest absolute Gasteiger partial charge is 0.325 e. The normalized spacial score (nSPS) is 21.2. The first kappa shape index (κ1) is 22.5. The minimum Gasteiger partial charge on any atom is -0.325 e. The first-order valence-corrected chi connectivity index (χ1v) is 13.1. The number of anilines is 2. The number of rotatable bonds is 5. The number of benzene rings is 2. The van der Waals surface area contributed by atoms with E-state index in [0.717, 1.165) is 16.8 Å². The summed E-state index contributed by atoms with van der Waals surface area (Å²) >= 11 is 1.28. The van der Waals surface area contributed by atoms with Gasteiger partial charge in [-0.25, -0.2) is 8.42 Å². The molecule has 2 atom stereocenters. The number of aliphatic imine (C=N–C) groups is 1. The van der Waals surface area contributed by atoms with E-state index >= 15 is 0 Å². The van der Waals surface area contributed by atoms with Crippen LogP contribution in [0.4, 0.5) is 11.4 Å². The summed E-state index contributed by atoms with van der Waals surface area (Å²) in [7, 11) is -3.18. The molecule has 0 bridgehead atoms. The van der Waals surface area contributed by atoms with Crippen LogP contribution in [0.1, 0.15) is 28.4 Å². The van der Waals surface area contributed by atoms with Gasteiger partial charge in [-0.3, -0.25) is 14.6 Å². The Kier molecular flexibility index (Phi) is 6.13. The number of carbonyl (C=O) groups is 2. The molecule has 32 heavy (non-hydrogen) atoms. The average Bonchev–Trinajstić information content (AvgIpc) is 3.21. The topological polar surface area (TPSA) is 95.9 Å². The lowest BCUT2D eigenvalue weighted by molar-refractivity contribution is -0.113. The first-order valence-electron chi connectivity index (χ1n) is 10.3. The number of hydrogen-bond acceptors (Lipinski definition) is 7. The van der Waals surface area contributed by atoms with Crippen molar-refractivity contribution in [1.82, 2.24) is 0 Å². The second-order valence-electron chi connectivity index (χ2n) is 8.18. The van der Waals surface area contributed by atoms with Crippen molar-refractivity contribution in [2.75, 3.05) is 27.5 Å². The summed E-state index contributed by atoms with van der Waals surface area (Å²) in [4.78, 5) is 31.0. The van der Waals surface area contributed by atoms with E-state index < -0.39 is 9.84 Å². The third-order valence-corrected chi connectivity index (χ3v) is 8.52. The molecular formula is C23H25N3O4S2. The van der Waals surface area contributed by atoms with Crippen LogP contribution in [-0.4, -0.2) is 54.6 Å². The Morgan fingerprint density at radius 2 is 1.91 bits per heavy atom. The molecule has 0 aromatic heterocycles. The van der Waals surface area contributed by atoms with E-state index in [4.69, 9.17) is 0 Å². The number of thioether (sulfide) groups is 1. The number of amides is 1. The molecule has 9 heteroatoms. The van der Waals surface area contributed by atoms with Crippen LogP contribution in [0.2, 0.25) is 0 Å². The summed E-state index contributed by atoms with van der Waals surface area (Å²) < 4.78 is 24.4. The molecular weight excluding hydrogens is 446 g/mol. The minimum absolute atomic E-state index is 0.000685. The van der Waals surface area contributed by atoms with Crippen molar-refractivity contribution >= 4 is 49.8 Å². The Morgan fingerprint density at radius 1 is 1.16 bits per heavy atom. The van der Waals surface area contributed by atoms with Crippen molar-refractivity contribution in [3.63, 3.8) is 0 Å². The highest BCUT2D eigenvalue weighted by Crippen LogP contribution is 2.35. The van der Waals surface area contributed by atoms with Crippen molar-refractivity contribution < 1.29 is 18.0 Å². The number of amidine groups is 1. The molecule has 1 fully saturated rings. The first-order chi connectivity index (χ1) is 15.1. The molecule has 0 aliphatic carbocycles. The quantitative estimate of drug-likeness (QED) is 0.673. The number of sulfone groups is 1. The lowest BCUT2D eigenvalue weighted by atomic mass is 10.1. The van der Waals surface area contributed by atoms with Gasteiger partial charge in [0.05, 0.1) is 29.3 Å². The van der Waals surface area contributed by atoms with E-state index in [9.17, 15) is 18.0 Å². The van der Waals surface area contributed by atoms with E-state index in [2.05, 4.69) is 10.3 Å². The molecule has 1 saturated heterocycles. The Balaban J connectivity index is 1.54. The van der Waals surface area contributed by atoms with Gasteiger partial charge in [-0.05, 0) is 50.1 Å². The number of ketones is 1. The maximum Gasteiger partial charge on any atom is 0.234 e. The molecule has 2 aromatic rings. The van der Waals surface area contributed by atoms with E-state index in [0.29, 0.717) is 16.4 Å². The third-order valence-electron chi connectivity index (χ3n) is 5.85. The molecule has 2 aliphatic rings. The molecule has 2 heterocycles. The molecule has 0 radical (unpaired) electrons. The number of nitrogens with zero attached hydrogens (tertiary/aromatic N) is 2. The molecule has 1 amide bonds. The second kappa shape index (κ2) is 8.71. The standard InChI is InChI=1S/C23H25N3O4S2/c1-14-6-4-9-19(15(14)2)24-22(28)11-31-23-25-20-12-32(29,30)13-21(20)26(23)18-8-5-7-17(10-18)16(3)27/h4-10,20-21H,11-13H2,1-3H3,(H,24,28)/t20-,21-/m0/s1. The number of carbonyl (C=O) groups excluding carboxylic acids is 2. The maximum atomic E-state index is 12.6. The predicted octanol–water partition coefficient (Wildman–Crippen LogP) is 3.22. The highest BCUT2D eigenvalue weighted by Gasteiger charge is 2.47. The fourth-order valence-electron chi connectivity index (χ4n) is 4.01. The zero-order chi connectivity index (χ0) is 23.0. The zero-order valence-corrected chi connectivity index (χ0v) is 19.8. The van der Waals surface area contributed by atoms with Gasteiger partial charge in [-0.2, -0.15) is 0 Å². The van der Waals surface area contributed by atoms with Gasteiger partial charge in [0.2, 0.25) is 5.91 Å². The second-order valence-corrected chi connectivity index (χ2v) is 11.3. The minimum atomic E-state index is -3.18.